The van der Waals surface area contributed by atoms with Gasteiger partial charge in [0, 0.05) is 12.3 Å². The van der Waals surface area contributed by atoms with Crippen LogP contribution in [0.25, 0.3) is 0 Å². The van der Waals surface area contributed by atoms with Gasteiger partial charge in [0.15, 0.2) is 12.5 Å². The first kappa shape index (κ1) is 37.8. The Kier molecular flexibility index (Phi) is 15.2. The van der Waals surface area contributed by atoms with Crippen LogP contribution in [-0.4, -0.2) is 116 Å². The molecule has 0 saturated carbocycles. The van der Waals surface area contributed by atoms with Gasteiger partial charge in [-0.1, -0.05) is 0 Å². The van der Waals surface area contributed by atoms with Gasteiger partial charge in [0.2, 0.25) is 0 Å². The van der Waals surface area contributed by atoms with E-state index in [-0.39, 0.29) is 35.8 Å². The van der Waals surface area contributed by atoms with Crippen LogP contribution < -0.4 is 45.9 Å². The first-order chi connectivity index (χ1) is 17.3. The minimum atomic E-state index is -5.32. The van der Waals surface area contributed by atoms with Crippen molar-refractivity contribution in [2.75, 3.05) is 6.61 Å². The maximum Gasteiger partial charge on any atom is 1.00 e. The van der Waals surface area contributed by atoms with E-state index in [1.807, 2.05) is 4.98 Å². The second kappa shape index (κ2) is 15.7. The zero-order chi connectivity index (χ0) is 29.6. The van der Waals surface area contributed by atoms with Crippen LogP contribution in [0.4, 0.5) is 0 Å². The third-order valence-corrected chi connectivity index (χ3v) is 6.63. The van der Waals surface area contributed by atoms with Crippen molar-refractivity contribution in [1.29, 1.82) is 0 Å². The SMILES string of the molecule is O=CC(O)C(O)C(O)C(O)C(=O)[O-].O=c1ccn([C@@H]2O[C@H](COP(=O)(O)OP(=O)(O)O)[C@@H](O)[C@H]2O)c(=O)[nH]1.[Na+]. The molecule has 5 unspecified atom stereocenters. The molecule has 0 radical (unpaired) electrons. The number of carbonyl (C=O) groups excluding carboxylic acids is 2. The summed E-state index contributed by atoms with van der Waals surface area (Å²) < 4.78 is 35.6. The molecule has 39 heavy (non-hydrogen) atoms. The Balaban J connectivity index is 0.000000881. The van der Waals surface area contributed by atoms with E-state index in [0.29, 0.717) is 0 Å². The van der Waals surface area contributed by atoms with Gasteiger partial charge in [-0.05, 0) is 0 Å². The molecule has 1 aromatic heterocycles. The normalized spacial score (nSPS) is 25.6. The number of phosphoric acid groups is 2. The molecule has 0 aromatic carbocycles. The first-order valence-electron chi connectivity index (χ1n) is 9.77. The summed E-state index contributed by atoms with van der Waals surface area (Å²) in [6.07, 6.45) is -13.9. The maximum atomic E-state index is 11.7. The van der Waals surface area contributed by atoms with E-state index in [9.17, 15) is 43.6 Å². The number of aliphatic hydroxyl groups is 6. The molecule has 0 spiro atoms. The summed E-state index contributed by atoms with van der Waals surface area (Å²) in [7, 11) is -10.5. The fourth-order valence-electron chi connectivity index (χ4n) is 2.66. The minimum absolute atomic E-state index is 0. The predicted octanol–water partition coefficient (Wildman–Crippen LogP) is -10.2. The predicted molar refractivity (Wildman–Crippen MR) is 111 cm³/mol. The number of aliphatic hydroxyl groups excluding tert-OH is 6. The summed E-state index contributed by atoms with van der Waals surface area (Å²) in [6, 6.07) is 0.962. The Morgan fingerprint density at radius 3 is 2.15 bits per heavy atom. The Morgan fingerprint density at radius 2 is 1.69 bits per heavy atom. The van der Waals surface area contributed by atoms with E-state index in [0.717, 1.165) is 16.8 Å². The first-order valence-corrected chi connectivity index (χ1v) is 12.8. The average Bonchev–Trinajstić information content (AvgIpc) is 3.08. The number of hydrogen-bond donors (Lipinski definition) is 10. The molecular weight excluding hydrogens is 597 g/mol. The topological polar surface area (TPSA) is 356 Å². The van der Waals surface area contributed by atoms with Crippen LogP contribution in [0.15, 0.2) is 21.9 Å². The van der Waals surface area contributed by atoms with E-state index < -0.39 is 88.4 Å². The molecule has 0 bridgehead atoms. The van der Waals surface area contributed by atoms with Gasteiger partial charge in [-0.15, -0.1) is 0 Å². The van der Waals surface area contributed by atoms with Gasteiger partial charge in [-0.25, -0.2) is 13.9 Å². The Bertz CT molecular complexity index is 1170. The third kappa shape index (κ3) is 11.7. The summed E-state index contributed by atoms with van der Waals surface area (Å²) in [6.45, 7) is -0.902. The van der Waals surface area contributed by atoms with Gasteiger partial charge in [-0.2, -0.15) is 4.31 Å². The molecule has 10 N–H and O–H groups in total. The summed E-state index contributed by atoms with van der Waals surface area (Å²) in [5.41, 5.74) is -1.65. The van der Waals surface area contributed by atoms with Crippen LogP contribution in [0.3, 0.4) is 0 Å². The molecule has 1 fully saturated rings. The standard InChI is InChI=1S/C9H14N2O12P2.C6H10O7.Na/c12-5-1-2-11(9(15)10-5)8-7(14)6(13)4(22-8)3-21-25(19,20)23-24(16,17)18;7-1-2(8)3(9)4(10)5(11)6(12)13;/h1-2,4,6-8,13-14H,3H2,(H,19,20)(H,10,12,15)(H2,16,17,18);1-5,8-11H,(H,12,13);/q;;+1/p-1/t4-,6-,7-,8-;;/m1../s1. The number of hydrogen-bond acceptors (Lipinski definition) is 16. The number of rotatable bonds is 11. The van der Waals surface area contributed by atoms with E-state index in [2.05, 4.69) is 8.83 Å². The number of aromatic nitrogens is 2. The second-order valence-electron chi connectivity index (χ2n) is 7.27. The molecule has 0 amide bonds. The third-order valence-electron chi connectivity index (χ3n) is 4.48. The van der Waals surface area contributed by atoms with Crippen LogP contribution in [0.1, 0.15) is 6.23 Å². The van der Waals surface area contributed by atoms with Crippen molar-refractivity contribution in [3.8, 4) is 0 Å². The van der Waals surface area contributed by atoms with Crippen molar-refractivity contribution >= 4 is 27.9 Å². The van der Waals surface area contributed by atoms with Crippen LogP contribution in [0, 0.1) is 0 Å². The molecule has 0 aliphatic carbocycles. The van der Waals surface area contributed by atoms with Crippen molar-refractivity contribution in [2.24, 2.45) is 0 Å². The smallest absolute Gasteiger partial charge is 0.547 e. The van der Waals surface area contributed by atoms with Crippen molar-refractivity contribution in [1.82, 2.24) is 9.55 Å². The van der Waals surface area contributed by atoms with Gasteiger partial charge in [-0.3, -0.25) is 18.9 Å². The van der Waals surface area contributed by atoms with Crippen LogP contribution in [-0.2, 0) is 32.3 Å². The van der Waals surface area contributed by atoms with Crippen molar-refractivity contribution in [2.45, 2.75) is 49.0 Å². The number of aliphatic carboxylic acids is 1. The second-order valence-corrected chi connectivity index (χ2v) is 10.1. The van der Waals surface area contributed by atoms with Gasteiger partial charge in [0.05, 0.1) is 12.6 Å². The number of nitrogens with one attached hydrogen (secondary N) is 1. The summed E-state index contributed by atoms with van der Waals surface area (Å²) >= 11 is 0. The Morgan fingerprint density at radius 1 is 1.13 bits per heavy atom. The number of aromatic amines is 1. The van der Waals surface area contributed by atoms with E-state index in [4.69, 9.17) is 39.8 Å². The zero-order valence-electron chi connectivity index (χ0n) is 19.5. The number of phosphoric ester groups is 1. The monoisotopic (exact) mass is 620 g/mol. The van der Waals surface area contributed by atoms with Crippen LogP contribution in [0.5, 0.6) is 0 Å². The molecule has 21 nitrogen and oxygen atoms in total. The van der Waals surface area contributed by atoms with Gasteiger partial charge in [0.25, 0.3) is 5.56 Å². The molecule has 1 aromatic rings. The molecule has 2 heterocycles. The Hall–Kier alpha value is -1.20. The molecule has 2 rings (SSSR count). The van der Waals surface area contributed by atoms with Crippen LogP contribution >= 0.6 is 15.6 Å². The van der Waals surface area contributed by atoms with Crippen LogP contribution in [0.2, 0.25) is 0 Å². The number of aldehydes is 1. The molecule has 1 aliphatic heterocycles. The van der Waals surface area contributed by atoms with Crippen molar-refractivity contribution in [3.63, 3.8) is 0 Å². The van der Waals surface area contributed by atoms with Gasteiger partial charge in [0.1, 0.15) is 42.7 Å². The maximum absolute atomic E-state index is 11.7. The fraction of sp³-hybridized carbons (Fsp3) is 0.600. The molecule has 9 atom stereocenters. The summed E-state index contributed by atoms with van der Waals surface area (Å²) in [5, 5.41) is 64.6. The summed E-state index contributed by atoms with van der Waals surface area (Å²) in [4.78, 5) is 70.5. The summed E-state index contributed by atoms with van der Waals surface area (Å²) in [5.74, 6) is -2.01. The number of carboxylic acid groups (broad SMARTS) is 1. The number of ether oxygens (including phenoxy) is 1. The largest absolute Gasteiger partial charge is 1.00 e. The van der Waals surface area contributed by atoms with Gasteiger partial charge < -0.3 is 64.8 Å². The zero-order valence-corrected chi connectivity index (χ0v) is 23.3. The van der Waals surface area contributed by atoms with E-state index in [1.165, 1.54) is 0 Å². The fourth-order valence-corrected chi connectivity index (χ4v) is 4.26. The molecule has 1 aliphatic rings. The number of H-pyrrole nitrogens is 1. The number of carbonyl (C=O) groups is 2. The van der Waals surface area contributed by atoms with E-state index >= 15 is 0 Å². The Labute approximate surface area is 238 Å². The number of carboxylic acids is 1. The number of nitrogens with zero attached hydrogens (tertiary/aromatic N) is 1. The molecule has 24 heteroatoms. The molecular formula is C15H23N2NaO19P2. The van der Waals surface area contributed by atoms with Gasteiger partial charge >= 0.3 is 50.9 Å². The van der Waals surface area contributed by atoms with Crippen molar-refractivity contribution in [3.05, 3.63) is 33.1 Å². The molecule has 218 valence electrons. The molecule has 1 saturated heterocycles. The average molecular weight is 620 g/mol. The van der Waals surface area contributed by atoms with Crippen molar-refractivity contribution < 1.29 is 112 Å². The quantitative estimate of drug-likeness (QED) is 0.0623. The minimum Gasteiger partial charge on any atom is -0.547 e. The van der Waals surface area contributed by atoms with E-state index in [1.54, 1.807) is 0 Å².